The Balaban J connectivity index is 3.06. The van der Waals surface area contributed by atoms with Gasteiger partial charge in [-0.05, 0) is 40.0 Å². The Morgan fingerprint density at radius 3 is 2.79 bits per heavy atom. The molecule has 0 aliphatic rings. The van der Waals surface area contributed by atoms with E-state index in [1.165, 1.54) is 7.11 Å². The zero-order chi connectivity index (χ0) is 10.7. The standard InChI is InChI=1S/C10H10BrClO2/c1-6-3-4-8(11)10(12)7(6)5-9(13)14-2/h3-4H,5H2,1-2H3. The summed E-state index contributed by atoms with van der Waals surface area (Å²) in [5.41, 5.74) is 1.80. The molecule has 0 amide bonds. The fourth-order valence-electron chi connectivity index (χ4n) is 1.12. The van der Waals surface area contributed by atoms with E-state index in [2.05, 4.69) is 20.7 Å². The number of hydrogen-bond donors (Lipinski definition) is 0. The third kappa shape index (κ3) is 2.49. The van der Waals surface area contributed by atoms with E-state index in [0.29, 0.717) is 5.02 Å². The van der Waals surface area contributed by atoms with Gasteiger partial charge in [0.2, 0.25) is 0 Å². The maximum Gasteiger partial charge on any atom is 0.310 e. The first kappa shape index (κ1) is 11.5. The van der Waals surface area contributed by atoms with Crippen molar-refractivity contribution in [1.82, 2.24) is 0 Å². The largest absolute Gasteiger partial charge is 0.469 e. The van der Waals surface area contributed by atoms with E-state index in [1.807, 2.05) is 19.1 Å². The van der Waals surface area contributed by atoms with Gasteiger partial charge in [-0.2, -0.15) is 0 Å². The topological polar surface area (TPSA) is 26.3 Å². The molecule has 0 saturated heterocycles. The lowest BCUT2D eigenvalue weighted by atomic mass is 10.1. The Kier molecular flexibility index (Phi) is 3.96. The van der Waals surface area contributed by atoms with Crippen LogP contribution in [-0.4, -0.2) is 13.1 Å². The molecule has 0 aliphatic carbocycles. The molecule has 0 bridgehead atoms. The second-order valence-corrected chi connectivity index (χ2v) is 4.14. The summed E-state index contributed by atoms with van der Waals surface area (Å²) in [6.07, 6.45) is 0.209. The van der Waals surface area contributed by atoms with Gasteiger partial charge in [-0.1, -0.05) is 17.7 Å². The zero-order valence-electron chi connectivity index (χ0n) is 7.93. The number of halogens is 2. The van der Waals surface area contributed by atoms with Gasteiger partial charge in [-0.25, -0.2) is 0 Å². The van der Waals surface area contributed by atoms with Crippen molar-refractivity contribution in [3.05, 3.63) is 32.8 Å². The van der Waals surface area contributed by atoms with Gasteiger partial charge in [0.15, 0.2) is 0 Å². The van der Waals surface area contributed by atoms with Crippen LogP contribution in [0.4, 0.5) is 0 Å². The van der Waals surface area contributed by atoms with Crippen LogP contribution in [-0.2, 0) is 16.0 Å². The van der Waals surface area contributed by atoms with Crippen LogP contribution in [0.5, 0.6) is 0 Å². The first-order chi connectivity index (χ1) is 6.56. The molecule has 0 aromatic heterocycles. The van der Waals surface area contributed by atoms with Crippen LogP contribution >= 0.6 is 27.5 Å². The van der Waals surface area contributed by atoms with Crippen molar-refractivity contribution in [2.45, 2.75) is 13.3 Å². The predicted octanol–water partition coefficient (Wildman–Crippen LogP) is 3.13. The van der Waals surface area contributed by atoms with Crippen molar-refractivity contribution in [2.75, 3.05) is 7.11 Å². The van der Waals surface area contributed by atoms with Gasteiger partial charge in [0.05, 0.1) is 18.6 Å². The molecule has 0 heterocycles. The van der Waals surface area contributed by atoms with E-state index in [-0.39, 0.29) is 12.4 Å². The summed E-state index contributed by atoms with van der Waals surface area (Å²) in [5, 5.41) is 0.579. The number of carbonyl (C=O) groups is 1. The Morgan fingerprint density at radius 1 is 1.57 bits per heavy atom. The third-order valence-corrected chi connectivity index (χ3v) is 3.30. The Hall–Kier alpha value is -0.540. The molecular weight excluding hydrogens is 267 g/mol. The van der Waals surface area contributed by atoms with Gasteiger partial charge in [0.1, 0.15) is 0 Å². The van der Waals surface area contributed by atoms with Gasteiger partial charge >= 0.3 is 5.97 Å². The summed E-state index contributed by atoms with van der Waals surface area (Å²) in [7, 11) is 1.36. The predicted molar refractivity (Wildman–Crippen MR) is 59.6 cm³/mol. The summed E-state index contributed by atoms with van der Waals surface area (Å²) in [6, 6.07) is 3.77. The number of esters is 1. The number of carbonyl (C=O) groups excluding carboxylic acids is 1. The van der Waals surface area contributed by atoms with Gasteiger partial charge in [-0.3, -0.25) is 4.79 Å². The highest BCUT2D eigenvalue weighted by Crippen LogP contribution is 2.29. The SMILES string of the molecule is COC(=O)Cc1c(C)ccc(Br)c1Cl. The minimum absolute atomic E-state index is 0.209. The Bertz CT molecular complexity index is 363. The minimum Gasteiger partial charge on any atom is -0.469 e. The average molecular weight is 278 g/mol. The summed E-state index contributed by atoms with van der Waals surface area (Å²) in [5.74, 6) is -0.284. The fourth-order valence-corrected chi connectivity index (χ4v) is 1.77. The lowest BCUT2D eigenvalue weighted by Crippen LogP contribution is -2.06. The van der Waals surface area contributed by atoms with Gasteiger partial charge < -0.3 is 4.74 Å². The maximum atomic E-state index is 11.1. The number of ether oxygens (including phenoxy) is 1. The molecule has 14 heavy (non-hydrogen) atoms. The van der Waals surface area contributed by atoms with Crippen LogP contribution in [0.3, 0.4) is 0 Å². The van der Waals surface area contributed by atoms with Gasteiger partial charge in [-0.15, -0.1) is 0 Å². The molecule has 1 rings (SSSR count). The molecule has 4 heteroatoms. The van der Waals surface area contributed by atoms with Crippen LogP contribution in [0.25, 0.3) is 0 Å². The lowest BCUT2D eigenvalue weighted by Gasteiger charge is -2.08. The molecule has 2 nitrogen and oxygen atoms in total. The van der Waals surface area contributed by atoms with E-state index < -0.39 is 0 Å². The highest BCUT2D eigenvalue weighted by Gasteiger charge is 2.11. The minimum atomic E-state index is -0.284. The highest BCUT2D eigenvalue weighted by molar-refractivity contribution is 9.10. The van der Waals surface area contributed by atoms with E-state index in [1.54, 1.807) is 0 Å². The van der Waals surface area contributed by atoms with Crippen molar-refractivity contribution in [3.63, 3.8) is 0 Å². The monoisotopic (exact) mass is 276 g/mol. The van der Waals surface area contributed by atoms with Crippen molar-refractivity contribution < 1.29 is 9.53 Å². The summed E-state index contributed by atoms with van der Waals surface area (Å²) in [6.45, 7) is 1.91. The van der Waals surface area contributed by atoms with E-state index in [9.17, 15) is 4.79 Å². The first-order valence-corrected chi connectivity index (χ1v) is 5.23. The first-order valence-electron chi connectivity index (χ1n) is 4.06. The van der Waals surface area contributed by atoms with Crippen LogP contribution < -0.4 is 0 Å². The van der Waals surface area contributed by atoms with E-state index in [0.717, 1.165) is 15.6 Å². The summed E-state index contributed by atoms with van der Waals surface area (Å²) in [4.78, 5) is 11.1. The van der Waals surface area contributed by atoms with Gasteiger partial charge in [0, 0.05) is 4.47 Å². The Morgan fingerprint density at radius 2 is 2.21 bits per heavy atom. The van der Waals surface area contributed by atoms with E-state index >= 15 is 0 Å². The molecule has 0 aliphatic heterocycles. The number of methoxy groups -OCH3 is 1. The third-order valence-electron chi connectivity index (χ3n) is 1.98. The lowest BCUT2D eigenvalue weighted by molar-refractivity contribution is -0.139. The quantitative estimate of drug-likeness (QED) is 0.776. The molecule has 0 radical (unpaired) electrons. The molecule has 0 saturated carbocycles. The van der Waals surface area contributed by atoms with Crippen molar-refractivity contribution in [1.29, 1.82) is 0 Å². The summed E-state index contributed by atoms with van der Waals surface area (Å²) < 4.78 is 5.39. The maximum absolute atomic E-state index is 11.1. The second-order valence-electron chi connectivity index (χ2n) is 2.91. The molecule has 0 spiro atoms. The summed E-state index contributed by atoms with van der Waals surface area (Å²) >= 11 is 9.35. The average Bonchev–Trinajstić information content (AvgIpc) is 2.18. The van der Waals surface area contributed by atoms with Crippen LogP contribution in [0, 0.1) is 6.92 Å². The molecular formula is C10H10BrClO2. The second kappa shape index (κ2) is 4.80. The van der Waals surface area contributed by atoms with Crippen LogP contribution in [0.1, 0.15) is 11.1 Å². The highest BCUT2D eigenvalue weighted by atomic mass is 79.9. The van der Waals surface area contributed by atoms with Crippen molar-refractivity contribution in [3.8, 4) is 0 Å². The Labute approximate surface area is 96.3 Å². The molecule has 1 aromatic rings. The molecule has 1 aromatic carbocycles. The number of rotatable bonds is 2. The normalized spacial score (nSPS) is 10.0. The smallest absolute Gasteiger partial charge is 0.310 e. The zero-order valence-corrected chi connectivity index (χ0v) is 10.3. The molecule has 0 unspecified atom stereocenters. The van der Waals surface area contributed by atoms with E-state index in [4.69, 9.17) is 11.6 Å². The molecule has 0 N–H and O–H groups in total. The van der Waals surface area contributed by atoms with Gasteiger partial charge in [0.25, 0.3) is 0 Å². The van der Waals surface area contributed by atoms with Crippen molar-refractivity contribution in [2.24, 2.45) is 0 Å². The fraction of sp³-hybridized carbons (Fsp3) is 0.300. The van der Waals surface area contributed by atoms with Crippen molar-refractivity contribution >= 4 is 33.5 Å². The molecule has 0 atom stereocenters. The molecule has 76 valence electrons. The van der Waals surface area contributed by atoms with Crippen LogP contribution in [0.2, 0.25) is 5.02 Å². The van der Waals surface area contributed by atoms with Crippen LogP contribution in [0.15, 0.2) is 16.6 Å². The molecule has 0 fully saturated rings. The number of benzene rings is 1. The number of hydrogen-bond acceptors (Lipinski definition) is 2. The number of aryl methyl sites for hydroxylation is 1.